The van der Waals surface area contributed by atoms with Crippen LogP contribution in [0, 0.1) is 0 Å². The molecule has 1 aliphatic heterocycles. The zero-order chi connectivity index (χ0) is 25.0. The molecule has 1 fully saturated rings. The van der Waals surface area contributed by atoms with Crippen molar-refractivity contribution in [1.29, 1.82) is 0 Å². The molecule has 1 heterocycles. The maximum atomic E-state index is 12.5. The third-order valence-corrected chi connectivity index (χ3v) is 5.15. The van der Waals surface area contributed by atoms with Gasteiger partial charge < -0.3 is 54.0 Å². The minimum atomic E-state index is -1.68. The predicted molar refractivity (Wildman–Crippen MR) is 113 cm³/mol. The van der Waals surface area contributed by atoms with Crippen molar-refractivity contribution < 1.29 is 58.7 Å². The molecule has 0 radical (unpaired) electrons. The second-order valence-electron chi connectivity index (χ2n) is 7.30. The second kappa shape index (κ2) is 10.7. The number of aromatic hydroxyl groups is 2. The molecule has 2 aromatic carbocycles. The van der Waals surface area contributed by atoms with Crippen LogP contribution in [0.4, 0.5) is 0 Å². The van der Waals surface area contributed by atoms with Gasteiger partial charge in [-0.1, -0.05) is 0 Å². The molecule has 186 valence electrons. The highest BCUT2D eigenvalue weighted by Gasteiger charge is 2.45. The lowest BCUT2D eigenvalue weighted by Gasteiger charge is -2.40. The van der Waals surface area contributed by atoms with E-state index >= 15 is 0 Å². The van der Waals surface area contributed by atoms with Gasteiger partial charge in [0.15, 0.2) is 23.0 Å². The first kappa shape index (κ1) is 25.2. The quantitative estimate of drug-likeness (QED) is 0.323. The Kier molecular flexibility index (Phi) is 7.89. The highest BCUT2D eigenvalue weighted by Crippen LogP contribution is 2.37. The van der Waals surface area contributed by atoms with Crippen LogP contribution in [-0.4, -0.2) is 90.1 Å². The molecule has 0 aromatic heterocycles. The number of hydrogen-bond acceptors (Lipinski definition) is 12. The molecule has 1 saturated heterocycles. The number of esters is 1. The summed E-state index contributed by atoms with van der Waals surface area (Å²) in [5.74, 6) is -1.05. The van der Waals surface area contributed by atoms with Gasteiger partial charge in [-0.3, -0.25) is 0 Å². The summed E-state index contributed by atoms with van der Waals surface area (Å²) in [6.07, 6.45) is -7.66. The molecule has 12 heteroatoms. The summed E-state index contributed by atoms with van der Waals surface area (Å²) in [4.78, 5) is 12.5. The van der Waals surface area contributed by atoms with Gasteiger partial charge in [0.05, 0.1) is 26.9 Å². The average molecular weight is 482 g/mol. The molecule has 5 atom stereocenters. The summed E-state index contributed by atoms with van der Waals surface area (Å²) in [6.45, 7) is -0.512. The number of aliphatic hydroxyl groups is 3. The van der Waals surface area contributed by atoms with Crippen LogP contribution in [-0.2, 0) is 9.47 Å². The Hall–Kier alpha value is -3.45. The number of benzene rings is 2. The summed E-state index contributed by atoms with van der Waals surface area (Å²) in [6, 6.07) is 6.43. The summed E-state index contributed by atoms with van der Waals surface area (Å²) in [5, 5.41) is 50.4. The highest BCUT2D eigenvalue weighted by atomic mass is 16.7. The lowest BCUT2D eigenvalue weighted by Crippen LogP contribution is -2.60. The number of rotatable bonds is 8. The van der Waals surface area contributed by atoms with E-state index in [0.29, 0.717) is 0 Å². The summed E-state index contributed by atoms with van der Waals surface area (Å²) in [7, 11) is 3.94. The molecule has 3 rings (SSSR count). The molecule has 5 N–H and O–H groups in total. The molecule has 1 unspecified atom stereocenters. The van der Waals surface area contributed by atoms with Crippen LogP contribution in [0.3, 0.4) is 0 Å². The third-order valence-electron chi connectivity index (χ3n) is 5.15. The first-order chi connectivity index (χ1) is 16.2. The van der Waals surface area contributed by atoms with Gasteiger partial charge in [-0.15, -0.1) is 0 Å². The topological polar surface area (TPSA) is 174 Å². The number of aliphatic hydroxyl groups excluding tert-OH is 3. The Labute approximate surface area is 194 Å². The van der Waals surface area contributed by atoms with Crippen molar-refractivity contribution >= 4 is 5.97 Å². The standard InChI is InChI=1S/C22H26O12/c1-29-13-8-11(23)4-5-12(13)33-22-20(27)19(26)18(25)16(34-22)9-32-21(28)10-6-14(30-2)17(24)15(7-10)31-3/h4-8,16,18-20,22-27H,9H2,1-3H3/t16-,18-,19+,20-,22?/m1/s1. The Morgan fingerprint density at radius 1 is 0.853 bits per heavy atom. The van der Waals surface area contributed by atoms with Crippen molar-refractivity contribution in [3.8, 4) is 34.5 Å². The van der Waals surface area contributed by atoms with E-state index in [0.717, 1.165) is 0 Å². The number of carbonyl (C=O) groups is 1. The van der Waals surface area contributed by atoms with Crippen LogP contribution < -0.4 is 18.9 Å². The summed E-state index contributed by atoms with van der Waals surface area (Å²) >= 11 is 0. The molecule has 2 aromatic rings. The fourth-order valence-electron chi connectivity index (χ4n) is 3.28. The smallest absolute Gasteiger partial charge is 0.338 e. The SMILES string of the molecule is COc1cc(O)ccc1OC1O[C@H](COC(=O)c2cc(OC)c(O)c(OC)c2)[C@@H](O)[C@H](O)[C@H]1O. The van der Waals surface area contributed by atoms with Crippen LogP contribution in [0.1, 0.15) is 10.4 Å². The van der Waals surface area contributed by atoms with Crippen molar-refractivity contribution in [1.82, 2.24) is 0 Å². The van der Waals surface area contributed by atoms with Gasteiger partial charge in [-0.2, -0.15) is 0 Å². The van der Waals surface area contributed by atoms with Gasteiger partial charge in [0.2, 0.25) is 12.0 Å². The fourth-order valence-corrected chi connectivity index (χ4v) is 3.28. The van der Waals surface area contributed by atoms with E-state index < -0.39 is 43.3 Å². The average Bonchev–Trinajstić information content (AvgIpc) is 2.84. The van der Waals surface area contributed by atoms with Crippen molar-refractivity contribution in [3.63, 3.8) is 0 Å². The van der Waals surface area contributed by atoms with Gasteiger partial charge in [-0.25, -0.2) is 4.79 Å². The second-order valence-corrected chi connectivity index (χ2v) is 7.30. The van der Waals surface area contributed by atoms with Gasteiger partial charge in [0.1, 0.15) is 36.8 Å². The van der Waals surface area contributed by atoms with Crippen molar-refractivity contribution in [2.45, 2.75) is 30.7 Å². The van der Waals surface area contributed by atoms with Crippen LogP contribution in [0.5, 0.6) is 34.5 Å². The number of carbonyl (C=O) groups excluding carboxylic acids is 1. The summed E-state index contributed by atoms with van der Waals surface area (Å²) in [5.41, 5.74) is -0.0148. The van der Waals surface area contributed by atoms with Crippen LogP contribution in [0.2, 0.25) is 0 Å². The monoisotopic (exact) mass is 482 g/mol. The Bertz CT molecular complexity index is 984. The molecule has 0 aliphatic carbocycles. The molecule has 0 bridgehead atoms. The number of hydrogen-bond donors (Lipinski definition) is 5. The van der Waals surface area contributed by atoms with Crippen molar-refractivity contribution in [2.24, 2.45) is 0 Å². The van der Waals surface area contributed by atoms with E-state index in [-0.39, 0.29) is 40.1 Å². The molecule has 1 aliphatic rings. The largest absolute Gasteiger partial charge is 0.508 e. The Morgan fingerprint density at radius 2 is 1.47 bits per heavy atom. The lowest BCUT2D eigenvalue weighted by atomic mass is 9.99. The molecule has 34 heavy (non-hydrogen) atoms. The number of phenols is 2. The number of ether oxygens (including phenoxy) is 6. The van der Waals surface area contributed by atoms with E-state index in [1.807, 2.05) is 0 Å². The van der Waals surface area contributed by atoms with Gasteiger partial charge in [-0.05, 0) is 24.3 Å². The normalized spacial score (nSPS) is 24.2. The molecular formula is C22H26O12. The maximum absolute atomic E-state index is 12.5. The van der Waals surface area contributed by atoms with Crippen LogP contribution >= 0.6 is 0 Å². The van der Waals surface area contributed by atoms with Crippen LogP contribution in [0.15, 0.2) is 30.3 Å². The third kappa shape index (κ3) is 5.20. The maximum Gasteiger partial charge on any atom is 0.338 e. The molecule has 0 saturated carbocycles. The van der Waals surface area contributed by atoms with Crippen molar-refractivity contribution in [2.75, 3.05) is 27.9 Å². The van der Waals surface area contributed by atoms with Crippen molar-refractivity contribution in [3.05, 3.63) is 35.9 Å². The highest BCUT2D eigenvalue weighted by molar-refractivity contribution is 5.91. The first-order valence-electron chi connectivity index (χ1n) is 10.1. The molecule has 0 amide bonds. The van der Waals surface area contributed by atoms with Gasteiger partial charge >= 0.3 is 5.97 Å². The first-order valence-corrected chi connectivity index (χ1v) is 10.1. The summed E-state index contributed by atoms with van der Waals surface area (Å²) < 4.78 is 31.4. The number of phenolic OH excluding ortho intramolecular Hbond substituents is 2. The predicted octanol–water partition coefficient (Wildman–Crippen LogP) is 0.167. The van der Waals surface area contributed by atoms with Gasteiger partial charge in [0, 0.05) is 6.07 Å². The Morgan fingerprint density at radius 3 is 2.06 bits per heavy atom. The van der Waals surface area contributed by atoms with E-state index in [2.05, 4.69) is 0 Å². The molecule has 0 spiro atoms. The van der Waals surface area contributed by atoms with E-state index in [4.69, 9.17) is 28.4 Å². The lowest BCUT2D eigenvalue weighted by molar-refractivity contribution is -0.277. The van der Waals surface area contributed by atoms with E-state index in [1.54, 1.807) is 0 Å². The zero-order valence-corrected chi connectivity index (χ0v) is 18.6. The minimum absolute atomic E-state index is 0.0148. The zero-order valence-electron chi connectivity index (χ0n) is 18.6. The Balaban J connectivity index is 1.72. The molecular weight excluding hydrogens is 456 g/mol. The van der Waals surface area contributed by atoms with Crippen LogP contribution in [0.25, 0.3) is 0 Å². The van der Waals surface area contributed by atoms with Gasteiger partial charge in [0.25, 0.3) is 0 Å². The van der Waals surface area contributed by atoms with E-state index in [9.17, 15) is 30.3 Å². The number of methoxy groups -OCH3 is 3. The fraction of sp³-hybridized carbons (Fsp3) is 0.409. The van der Waals surface area contributed by atoms with E-state index in [1.165, 1.54) is 51.7 Å². The minimum Gasteiger partial charge on any atom is -0.508 e. The molecule has 12 nitrogen and oxygen atoms in total.